The highest BCUT2D eigenvalue weighted by molar-refractivity contribution is 6.09. The molecule has 0 amide bonds. The predicted octanol–water partition coefficient (Wildman–Crippen LogP) is 4.73. The van der Waals surface area contributed by atoms with E-state index >= 15 is 0 Å². The van der Waals surface area contributed by atoms with E-state index in [-0.39, 0.29) is 11.5 Å². The van der Waals surface area contributed by atoms with Crippen LogP contribution in [0, 0.1) is 0 Å². The van der Waals surface area contributed by atoms with Crippen molar-refractivity contribution in [1.29, 1.82) is 0 Å². The number of hydrogen-bond acceptors (Lipinski definition) is 3. The SMILES string of the molecule is O=C(/C=C(/Nc1cccc(O)c1)c1ccccc1)c1ccccc1. The van der Waals surface area contributed by atoms with Crippen LogP contribution < -0.4 is 5.32 Å². The van der Waals surface area contributed by atoms with Gasteiger partial charge in [0.1, 0.15) is 5.75 Å². The largest absolute Gasteiger partial charge is 0.508 e. The minimum absolute atomic E-state index is 0.0814. The Morgan fingerprint density at radius 1 is 0.792 bits per heavy atom. The maximum Gasteiger partial charge on any atom is 0.187 e. The van der Waals surface area contributed by atoms with Gasteiger partial charge >= 0.3 is 0 Å². The second kappa shape index (κ2) is 7.29. The van der Waals surface area contributed by atoms with Gasteiger partial charge in [-0.3, -0.25) is 4.79 Å². The molecule has 0 aliphatic carbocycles. The number of phenols is 1. The number of phenolic OH excluding ortho intramolecular Hbond substituents is 1. The maximum atomic E-state index is 12.5. The second-order valence-electron chi connectivity index (χ2n) is 5.33. The average molecular weight is 315 g/mol. The number of aromatic hydroxyl groups is 1. The molecular weight excluding hydrogens is 298 g/mol. The first kappa shape index (κ1) is 15.6. The summed E-state index contributed by atoms with van der Waals surface area (Å²) in [4.78, 5) is 12.5. The minimum Gasteiger partial charge on any atom is -0.508 e. The molecule has 118 valence electrons. The van der Waals surface area contributed by atoms with Crippen molar-refractivity contribution in [3.05, 3.63) is 102 Å². The topological polar surface area (TPSA) is 49.3 Å². The third kappa shape index (κ3) is 3.90. The van der Waals surface area contributed by atoms with Crippen molar-refractivity contribution >= 4 is 17.2 Å². The molecule has 3 heteroatoms. The van der Waals surface area contributed by atoms with E-state index in [1.807, 2.05) is 54.6 Å². The van der Waals surface area contributed by atoms with E-state index in [1.54, 1.807) is 36.4 Å². The van der Waals surface area contributed by atoms with Crippen LogP contribution in [0.2, 0.25) is 0 Å². The van der Waals surface area contributed by atoms with E-state index in [1.165, 1.54) is 0 Å². The third-order valence-corrected chi connectivity index (χ3v) is 3.54. The van der Waals surface area contributed by atoms with E-state index in [4.69, 9.17) is 0 Å². The second-order valence-corrected chi connectivity index (χ2v) is 5.33. The zero-order valence-electron chi connectivity index (χ0n) is 13.0. The van der Waals surface area contributed by atoms with Gasteiger partial charge in [0.15, 0.2) is 5.78 Å². The maximum absolute atomic E-state index is 12.5. The number of allylic oxidation sites excluding steroid dienone is 1. The fraction of sp³-hybridized carbons (Fsp3) is 0. The molecule has 0 heterocycles. The van der Waals surface area contributed by atoms with Crippen LogP contribution in [0.1, 0.15) is 15.9 Å². The molecule has 0 atom stereocenters. The number of rotatable bonds is 5. The third-order valence-electron chi connectivity index (χ3n) is 3.54. The molecule has 0 spiro atoms. The molecule has 3 aromatic carbocycles. The summed E-state index contributed by atoms with van der Waals surface area (Å²) in [5, 5.41) is 12.8. The molecule has 0 radical (unpaired) electrons. The van der Waals surface area contributed by atoms with Gasteiger partial charge in [0.25, 0.3) is 0 Å². The number of carbonyl (C=O) groups is 1. The van der Waals surface area contributed by atoms with Gasteiger partial charge in [-0.1, -0.05) is 66.7 Å². The monoisotopic (exact) mass is 315 g/mol. The van der Waals surface area contributed by atoms with E-state index in [9.17, 15) is 9.90 Å². The average Bonchev–Trinajstić information content (AvgIpc) is 2.63. The summed E-state index contributed by atoms with van der Waals surface area (Å²) in [6.07, 6.45) is 1.58. The molecule has 0 saturated carbocycles. The minimum atomic E-state index is -0.0814. The molecule has 3 nitrogen and oxygen atoms in total. The van der Waals surface area contributed by atoms with Crippen LogP contribution in [0.15, 0.2) is 91.0 Å². The highest BCUT2D eigenvalue weighted by Crippen LogP contribution is 2.22. The summed E-state index contributed by atoms with van der Waals surface area (Å²) in [7, 11) is 0. The van der Waals surface area contributed by atoms with Gasteiger partial charge in [-0.25, -0.2) is 0 Å². The zero-order valence-corrected chi connectivity index (χ0v) is 13.0. The summed E-state index contributed by atoms with van der Waals surface area (Å²) < 4.78 is 0. The molecule has 2 N–H and O–H groups in total. The van der Waals surface area contributed by atoms with Gasteiger partial charge < -0.3 is 10.4 Å². The molecule has 0 bridgehead atoms. The molecule has 0 saturated heterocycles. The Hall–Kier alpha value is -3.33. The molecule has 3 aromatic rings. The Morgan fingerprint density at radius 2 is 1.42 bits per heavy atom. The van der Waals surface area contributed by atoms with Crippen molar-refractivity contribution < 1.29 is 9.90 Å². The Morgan fingerprint density at radius 3 is 2.04 bits per heavy atom. The van der Waals surface area contributed by atoms with Crippen LogP contribution in [0.5, 0.6) is 5.75 Å². The van der Waals surface area contributed by atoms with Crippen LogP contribution in [-0.4, -0.2) is 10.9 Å². The van der Waals surface area contributed by atoms with E-state index in [0.29, 0.717) is 16.9 Å². The summed E-state index contributed by atoms with van der Waals surface area (Å²) in [6, 6.07) is 25.6. The Kier molecular flexibility index (Phi) is 4.73. The van der Waals surface area contributed by atoms with Crippen molar-refractivity contribution in [2.45, 2.75) is 0 Å². The van der Waals surface area contributed by atoms with Crippen LogP contribution in [0.25, 0.3) is 5.70 Å². The highest BCUT2D eigenvalue weighted by Gasteiger charge is 2.08. The number of ketones is 1. The van der Waals surface area contributed by atoms with E-state index in [0.717, 1.165) is 5.56 Å². The van der Waals surface area contributed by atoms with Crippen LogP contribution in [0.3, 0.4) is 0 Å². The number of anilines is 1. The zero-order chi connectivity index (χ0) is 16.8. The number of carbonyl (C=O) groups excluding carboxylic acids is 1. The lowest BCUT2D eigenvalue weighted by Gasteiger charge is -2.12. The fourth-order valence-corrected chi connectivity index (χ4v) is 2.37. The van der Waals surface area contributed by atoms with Crippen molar-refractivity contribution in [2.75, 3.05) is 5.32 Å². The van der Waals surface area contributed by atoms with E-state index < -0.39 is 0 Å². The lowest BCUT2D eigenvalue weighted by atomic mass is 10.1. The first-order valence-electron chi connectivity index (χ1n) is 7.65. The smallest absolute Gasteiger partial charge is 0.187 e. The van der Waals surface area contributed by atoms with Crippen LogP contribution in [0.4, 0.5) is 5.69 Å². The molecular formula is C21H17NO2. The molecule has 0 aliphatic heterocycles. The van der Waals surface area contributed by atoms with Crippen molar-refractivity contribution in [3.63, 3.8) is 0 Å². The van der Waals surface area contributed by atoms with Gasteiger partial charge in [-0.2, -0.15) is 0 Å². The van der Waals surface area contributed by atoms with Crippen molar-refractivity contribution in [3.8, 4) is 5.75 Å². The lowest BCUT2D eigenvalue weighted by molar-refractivity contribution is 0.104. The van der Waals surface area contributed by atoms with E-state index in [2.05, 4.69) is 5.32 Å². The first-order chi connectivity index (χ1) is 11.7. The summed E-state index contributed by atoms with van der Waals surface area (Å²) in [6.45, 7) is 0. The van der Waals surface area contributed by atoms with Gasteiger partial charge in [0.2, 0.25) is 0 Å². The Labute approximate surface area is 140 Å². The Bertz CT molecular complexity index is 855. The standard InChI is InChI=1S/C21H17NO2/c23-19-13-7-12-18(14-19)22-20(16-8-3-1-4-9-16)15-21(24)17-10-5-2-6-11-17/h1-15,22-23H/b20-15+. The number of nitrogens with one attached hydrogen (secondary N) is 1. The number of hydrogen-bond donors (Lipinski definition) is 2. The van der Waals surface area contributed by atoms with Crippen LogP contribution >= 0.6 is 0 Å². The molecule has 0 fully saturated rings. The highest BCUT2D eigenvalue weighted by atomic mass is 16.3. The van der Waals surface area contributed by atoms with Crippen molar-refractivity contribution in [1.82, 2.24) is 0 Å². The molecule has 0 aliphatic rings. The number of benzene rings is 3. The van der Waals surface area contributed by atoms with Gasteiger partial charge in [-0.15, -0.1) is 0 Å². The van der Waals surface area contributed by atoms with Gasteiger partial charge in [0.05, 0.1) is 0 Å². The summed E-state index contributed by atoms with van der Waals surface area (Å²) >= 11 is 0. The Balaban J connectivity index is 1.96. The summed E-state index contributed by atoms with van der Waals surface area (Å²) in [5.41, 5.74) is 2.91. The predicted molar refractivity (Wildman–Crippen MR) is 96.9 cm³/mol. The van der Waals surface area contributed by atoms with Crippen LogP contribution in [-0.2, 0) is 0 Å². The van der Waals surface area contributed by atoms with Gasteiger partial charge in [0, 0.05) is 29.1 Å². The quantitative estimate of drug-likeness (QED) is 0.529. The van der Waals surface area contributed by atoms with Crippen molar-refractivity contribution in [2.24, 2.45) is 0 Å². The first-order valence-corrected chi connectivity index (χ1v) is 7.65. The molecule has 3 rings (SSSR count). The molecule has 24 heavy (non-hydrogen) atoms. The fourth-order valence-electron chi connectivity index (χ4n) is 2.37. The normalized spacial score (nSPS) is 11.1. The van der Waals surface area contributed by atoms with Gasteiger partial charge in [-0.05, 0) is 17.7 Å². The molecule has 0 aromatic heterocycles. The lowest BCUT2D eigenvalue weighted by Crippen LogP contribution is -2.03. The molecule has 0 unspecified atom stereocenters. The summed E-state index contributed by atoms with van der Waals surface area (Å²) in [5.74, 6) is 0.0869.